The van der Waals surface area contributed by atoms with Crippen LogP contribution in [0.1, 0.15) is 55.0 Å². The molecule has 160 valence electrons. The van der Waals surface area contributed by atoms with Gasteiger partial charge >= 0.3 is 5.97 Å². The Morgan fingerprint density at radius 2 is 1.67 bits per heavy atom. The summed E-state index contributed by atoms with van der Waals surface area (Å²) in [5.74, 6) is 0.730. The first kappa shape index (κ1) is 22.5. The summed E-state index contributed by atoms with van der Waals surface area (Å²) in [4.78, 5) is 14.2. The van der Waals surface area contributed by atoms with E-state index in [4.69, 9.17) is 4.74 Å². The van der Waals surface area contributed by atoms with Crippen molar-refractivity contribution in [1.29, 1.82) is 0 Å². The minimum atomic E-state index is -0.399. The number of aliphatic hydroxyl groups is 1. The topological polar surface area (TPSA) is 46.5 Å². The number of rotatable bonds is 7. The third-order valence-electron chi connectivity index (χ3n) is 5.77. The van der Waals surface area contributed by atoms with Gasteiger partial charge in [-0.05, 0) is 55.5 Å². The minimum absolute atomic E-state index is 0.137. The number of esters is 1. The van der Waals surface area contributed by atoms with Gasteiger partial charge in [-0.25, -0.2) is 4.79 Å². The zero-order valence-corrected chi connectivity index (χ0v) is 19.4. The summed E-state index contributed by atoms with van der Waals surface area (Å²) in [5, 5.41) is 10.9. The number of hydrogen-bond donors (Lipinski definition) is 1. The minimum Gasteiger partial charge on any atom is -0.511 e. The molecule has 0 bridgehead atoms. The fraction of sp³-hybridized carbons (Fsp3) is 0.423. The lowest BCUT2D eigenvalue weighted by Gasteiger charge is -2.30. The Morgan fingerprint density at radius 3 is 2.20 bits per heavy atom. The molecule has 2 unspecified atom stereocenters. The normalized spacial score (nSPS) is 17.8. The van der Waals surface area contributed by atoms with Crippen molar-refractivity contribution in [2.24, 2.45) is 5.92 Å². The second-order valence-electron chi connectivity index (χ2n) is 8.24. The van der Waals surface area contributed by atoms with Gasteiger partial charge in [0.15, 0.2) is 0 Å². The molecule has 0 saturated carbocycles. The van der Waals surface area contributed by atoms with Gasteiger partial charge in [0.05, 0.1) is 0 Å². The maximum atomic E-state index is 13.0. The van der Waals surface area contributed by atoms with Crippen LogP contribution in [0.3, 0.4) is 0 Å². The summed E-state index contributed by atoms with van der Waals surface area (Å²) in [5.41, 5.74) is 5.83. The van der Waals surface area contributed by atoms with Crippen LogP contribution in [0.4, 0.5) is 0 Å². The van der Waals surface area contributed by atoms with Gasteiger partial charge in [-0.2, -0.15) is 0 Å². The van der Waals surface area contributed by atoms with Crippen LogP contribution in [0.2, 0.25) is 0 Å². The zero-order chi connectivity index (χ0) is 21.8. The molecule has 0 amide bonds. The van der Waals surface area contributed by atoms with Crippen LogP contribution < -0.4 is 0 Å². The van der Waals surface area contributed by atoms with Gasteiger partial charge in [-0.15, -0.1) is 11.8 Å². The molecule has 2 aromatic carbocycles. The molecule has 1 aliphatic rings. The van der Waals surface area contributed by atoms with Gasteiger partial charge in [0, 0.05) is 23.0 Å². The molecule has 2 atom stereocenters. The number of ether oxygens (including phenoxy) is 1. The van der Waals surface area contributed by atoms with Crippen LogP contribution in [-0.2, 0) is 22.4 Å². The third kappa shape index (κ3) is 4.92. The van der Waals surface area contributed by atoms with Gasteiger partial charge in [-0.1, -0.05) is 56.2 Å². The van der Waals surface area contributed by atoms with Crippen molar-refractivity contribution in [1.82, 2.24) is 0 Å². The molecule has 3 nitrogen and oxygen atoms in total. The highest BCUT2D eigenvalue weighted by Crippen LogP contribution is 2.36. The molecule has 30 heavy (non-hydrogen) atoms. The Kier molecular flexibility index (Phi) is 7.30. The van der Waals surface area contributed by atoms with Crippen LogP contribution in [-0.4, -0.2) is 22.9 Å². The molecule has 0 spiro atoms. The number of carbonyl (C=O) groups excluding carboxylic acids is 1. The predicted octanol–water partition coefficient (Wildman–Crippen LogP) is 6.44. The average Bonchev–Trinajstić information content (AvgIpc) is 2.72. The molecule has 0 aromatic heterocycles. The van der Waals surface area contributed by atoms with Crippen LogP contribution in [0, 0.1) is 19.8 Å². The standard InChI is InChI=1S/C26H32O3S/c1-6-19-12-17(4)13-20(7-2)24(19)25-22(27)14-23(29-26(25)28)18(5)15-30-21-10-8-16(3)9-11-21/h8-13,18,23,27H,6-7,14-15H2,1-5H3. The monoisotopic (exact) mass is 424 g/mol. The fourth-order valence-electron chi connectivity index (χ4n) is 4.00. The third-order valence-corrected chi connectivity index (χ3v) is 7.07. The second-order valence-corrected chi connectivity index (χ2v) is 9.33. The summed E-state index contributed by atoms with van der Waals surface area (Å²) >= 11 is 1.76. The highest BCUT2D eigenvalue weighted by Gasteiger charge is 2.34. The van der Waals surface area contributed by atoms with Gasteiger partial charge in [-0.3, -0.25) is 0 Å². The summed E-state index contributed by atoms with van der Waals surface area (Å²) in [7, 11) is 0. The highest BCUT2D eigenvalue weighted by molar-refractivity contribution is 7.99. The molecule has 0 aliphatic carbocycles. The largest absolute Gasteiger partial charge is 0.511 e. The molecule has 0 fully saturated rings. The first-order chi connectivity index (χ1) is 14.3. The second kappa shape index (κ2) is 9.74. The lowest BCUT2D eigenvalue weighted by atomic mass is 9.86. The van der Waals surface area contributed by atoms with Crippen molar-refractivity contribution in [2.75, 3.05) is 5.75 Å². The van der Waals surface area contributed by atoms with Crippen molar-refractivity contribution < 1.29 is 14.6 Å². The number of benzene rings is 2. The van der Waals surface area contributed by atoms with Crippen LogP contribution in [0.5, 0.6) is 0 Å². The van der Waals surface area contributed by atoms with Crippen molar-refractivity contribution in [3.05, 3.63) is 70.0 Å². The quantitative estimate of drug-likeness (QED) is 0.410. The average molecular weight is 425 g/mol. The van der Waals surface area contributed by atoms with Crippen LogP contribution in [0.15, 0.2) is 47.1 Å². The van der Waals surface area contributed by atoms with Crippen molar-refractivity contribution >= 4 is 23.3 Å². The van der Waals surface area contributed by atoms with Crippen LogP contribution >= 0.6 is 11.8 Å². The molecule has 2 aromatic rings. The molecule has 4 heteroatoms. The van der Waals surface area contributed by atoms with E-state index < -0.39 is 5.97 Å². The van der Waals surface area contributed by atoms with Crippen molar-refractivity contribution in [3.8, 4) is 0 Å². The Balaban J connectivity index is 1.80. The fourth-order valence-corrected chi connectivity index (χ4v) is 5.00. The number of hydrogen-bond acceptors (Lipinski definition) is 4. The van der Waals surface area contributed by atoms with Crippen molar-refractivity contribution in [2.45, 2.75) is 64.9 Å². The molecule has 1 N–H and O–H groups in total. The molecule has 0 radical (unpaired) electrons. The first-order valence-corrected chi connectivity index (χ1v) is 11.8. The van der Waals surface area contributed by atoms with Crippen LogP contribution in [0.25, 0.3) is 5.57 Å². The van der Waals surface area contributed by atoms with E-state index in [-0.39, 0.29) is 17.8 Å². The van der Waals surface area contributed by atoms with E-state index in [0.29, 0.717) is 12.0 Å². The Morgan fingerprint density at radius 1 is 1.07 bits per heavy atom. The molecular formula is C26H32O3S. The SMILES string of the molecule is CCc1cc(C)cc(CC)c1C1=C(O)CC(C(C)CSc2ccc(C)cc2)OC1=O. The Hall–Kier alpha value is -2.20. The molecular weight excluding hydrogens is 392 g/mol. The van der Waals surface area contributed by atoms with E-state index in [1.54, 1.807) is 11.8 Å². The maximum absolute atomic E-state index is 13.0. The van der Waals surface area contributed by atoms with Gasteiger partial charge in [0.25, 0.3) is 0 Å². The molecule has 3 rings (SSSR count). The number of cyclic esters (lactones) is 1. The number of thioether (sulfide) groups is 1. The summed E-state index contributed by atoms with van der Waals surface area (Å²) < 4.78 is 5.85. The first-order valence-electron chi connectivity index (χ1n) is 10.8. The summed E-state index contributed by atoms with van der Waals surface area (Å²) in [6.45, 7) is 10.4. The molecule has 0 saturated heterocycles. The van der Waals surface area contributed by atoms with E-state index in [0.717, 1.165) is 35.3 Å². The highest BCUT2D eigenvalue weighted by atomic mass is 32.2. The number of aliphatic hydroxyl groups excluding tert-OH is 1. The zero-order valence-electron chi connectivity index (χ0n) is 18.6. The number of carbonyl (C=O) groups is 1. The molecule has 1 aliphatic heterocycles. The van der Waals surface area contributed by atoms with E-state index in [2.05, 4.69) is 71.0 Å². The lowest BCUT2D eigenvalue weighted by molar-refractivity contribution is -0.145. The Labute approximate surface area is 184 Å². The van der Waals surface area contributed by atoms with E-state index in [9.17, 15) is 9.90 Å². The number of aryl methyl sites for hydroxylation is 4. The van der Waals surface area contributed by atoms with E-state index in [1.165, 1.54) is 16.0 Å². The van der Waals surface area contributed by atoms with E-state index in [1.807, 2.05) is 0 Å². The maximum Gasteiger partial charge on any atom is 0.342 e. The summed E-state index contributed by atoms with van der Waals surface area (Å²) in [6.07, 6.45) is 1.68. The lowest BCUT2D eigenvalue weighted by Crippen LogP contribution is -2.32. The van der Waals surface area contributed by atoms with Crippen molar-refractivity contribution in [3.63, 3.8) is 0 Å². The smallest absolute Gasteiger partial charge is 0.342 e. The molecule has 1 heterocycles. The predicted molar refractivity (Wildman–Crippen MR) is 125 cm³/mol. The van der Waals surface area contributed by atoms with Gasteiger partial charge in [0.2, 0.25) is 0 Å². The summed E-state index contributed by atoms with van der Waals surface area (Å²) in [6, 6.07) is 12.7. The van der Waals surface area contributed by atoms with Gasteiger partial charge in [0.1, 0.15) is 17.4 Å². The van der Waals surface area contributed by atoms with E-state index >= 15 is 0 Å². The Bertz CT molecular complexity index is 918. The van der Waals surface area contributed by atoms with Gasteiger partial charge < -0.3 is 9.84 Å².